The fourth-order valence-electron chi connectivity index (χ4n) is 2.99. The predicted molar refractivity (Wildman–Crippen MR) is 97.3 cm³/mol. The van der Waals surface area contributed by atoms with Crippen LogP contribution in [0.4, 0.5) is 5.82 Å². The average Bonchev–Trinajstić information content (AvgIpc) is 2.68. The number of piperazine rings is 1. The highest BCUT2D eigenvalue weighted by molar-refractivity contribution is 5.80. The first-order valence-corrected chi connectivity index (χ1v) is 8.73. The minimum Gasteiger partial charge on any atom is -0.369 e. The van der Waals surface area contributed by atoms with Gasteiger partial charge in [0.25, 0.3) is 5.91 Å². The van der Waals surface area contributed by atoms with Crippen LogP contribution < -0.4 is 4.90 Å². The molecular formula is C19H24N4O2. The van der Waals surface area contributed by atoms with Crippen LogP contribution in [0, 0.1) is 0 Å². The monoisotopic (exact) mass is 340 g/mol. The molecule has 1 amide bonds. The van der Waals surface area contributed by atoms with Gasteiger partial charge in [0.15, 0.2) is 5.82 Å². The van der Waals surface area contributed by atoms with Crippen molar-refractivity contribution in [2.24, 2.45) is 0 Å². The highest BCUT2D eigenvalue weighted by Gasteiger charge is 2.25. The maximum atomic E-state index is 12.3. The molecule has 2 heterocycles. The second-order valence-corrected chi connectivity index (χ2v) is 6.01. The molecule has 1 saturated heterocycles. The Bertz CT molecular complexity index is 700. The number of benzene rings is 1. The predicted octanol–water partition coefficient (Wildman–Crippen LogP) is 2.22. The van der Waals surface area contributed by atoms with Crippen molar-refractivity contribution in [3.05, 3.63) is 42.6 Å². The summed E-state index contributed by atoms with van der Waals surface area (Å²) in [6.07, 6.45) is 1.42. The Morgan fingerprint density at radius 2 is 1.88 bits per heavy atom. The van der Waals surface area contributed by atoms with Crippen molar-refractivity contribution in [1.29, 1.82) is 0 Å². The Hall–Kier alpha value is -2.47. The highest BCUT2D eigenvalue weighted by Crippen LogP contribution is 2.19. The number of anilines is 1. The topological polar surface area (TPSA) is 58.6 Å². The quantitative estimate of drug-likeness (QED) is 0.835. The van der Waals surface area contributed by atoms with Crippen molar-refractivity contribution in [2.45, 2.75) is 20.0 Å². The second kappa shape index (κ2) is 8.07. The van der Waals surface area contributed by atoms with Crippen LogP contribution in [0.1, 0.15) is 13.8 Å². The molecule has 0 radical (unpaired) electrons. The fourth-order valence-corrected chi connectivity index (χ4v) is 2.99. The molecule has 25 heavy (non-hydrogen) atoms. The maximum absolute atomic E-state index is 12.3. The number of carbonyl (C=O) groups is 1. The number of ether oxygens (including phenoxy) is 1. The molecule has 0 unspecified atom stereocenters. The van der Waals surface area contributed by atoms with Crippen LogP contribution in [0.2, 0.25) is 0 Å². The zero-order valence-electron chi connectivity index (χ0n) is 14.8. The molecule has 0 aliphatic carbocycles. The SMILES string of the molecule is CCO[C@H](C)C(=O)N1CCN(c2ccnc(-c3ccccc3)n2)CC1. The number of nitrogens with zero attached hydrogens (tertiary/aromatic N) is 4. The van der Waals surface area contributed by atoms with Crippen LogP contribution in [0.3, 0.4) is 0 Å². The third-order valence-electron chi connectivity index (χ3n) is 4.35. The molecule has 1 aromatic heterocycles. The molecule has 3 rings (SSSR count). The summed E-state index contributed by atoms with van der Waals surface area (Å²) in [5.41, 5.74) is 1.00. The molecule has 0 saturated carbocycles. The molecule has 6 heteroatoms. The van der Waals surface area contributed by atoms with Crippen LogP contribution in [0.15, 0.2) is 42.6 Å². The van der Waals surface area contributed by atoms with Crippen LogP contribution in [-0.2, 0) is 9.53 Å². The van der Waals surface area contributed by atoms with E-state index in [1.54, 1.807) is 6.20 Å². The lowest BCUT2D eigenvalue weighted by Crippen LogP contribution is -2.51. The molecule has 6 nitrogen and oxygen atoms in total. The molecule has 1 atom stereocenters. The van der Waals surface area contributed by atoms with Crippen LogP contribution in [0.5, 0.6) is 0 Å². The second-order valence-electron chi connectivity index (χ2n) is 6.01. The molecule has 0 N–H and O–H groups in total. The fraction of sp³-hybridized carbons (Fsp3) is 0.421. The van der Waals surface area contributed by atoms with E-state index in [2.05, 4.69) is 14.9 Å². The van der Waals surface area contributed by atoms with E-state index in [4.69, 9.17) is 4.74 Å². The van der Waals surface area contributed by atoms with Gasteiger partial charge in [-0.15, -0.1) is 0 Å². The van der Waals surface area contributed by atoms with Gasteiger partial charge in [-0.3, -0.25) is 4.79 Å². The lowest BCUT2D eigenvalue weighted by molar-refractivity contribution is -0.142. The summed E-state index contributed by atoms with van der Waals surface area (Å²) in [5.74, 6) is 1.69. The molecule has 1 aliphatic heterocycles. The van der Waals surface area contributed by atoms with E-state index in [0.29, 0.717) is 19.7 Å². The molecule has 132 valence electrons. The summed E-state index contributed by atoms with van der Waals surface area (Å²) < 4.78 is 5.41. The Labute approximate surface area is 148 Å². The Balaban J connectivity index is 1.64. The Morgan fingerprint density at radius 1 is 1.16 bits per heavy atom. The third-order valence-corrected chi connectivity index (χ3v) is 4.35. The van der Waals surface area contributed by atoms with E-state index in [0.717, 1.165) is 30.3 Å². The number of carbonyl (C=O) groups excluding carboxylic acids is 1. The van der Waals surface area contributed by atoms with Crippen molar-refractivity contribution in [2.75, 3.05) is 37.7 Å². The molecule has 0 bridgehead atoms. The first-order valence-electron chi connectivity index (χ1n) is 8.73. The van der Waals surface area contributed by atoms with E-state index in [-0.39, 0.29) is 12.0 Å². The summed E-state index contributed by atoms with van der Waals surface area (Å²) >= 11 is 0. The van der Waals surface area contributed by atoms with Gasteiger partial charge in [-0.1, -0.05) is 30.3 Å². The van der Waals surface area contributed by atoms with Crippen molar-refractivity contribution in [3.8, 4) is 11.4 Å². The van der Waals surface area contributed by atoms with Crippen LogP contribution >= 0.6 is 0 Å². The van der Waals surface area contributed by atoms with Gasteiger partial charge < -0.3 is 14.5 Å². The van der Waals surface area contributed by atoms with Gasteiger partial charge in [0, 0.05) is 44.5 Å². The largest absolute Gasteiger partial charge is 0.369 e. The van der Waals surface area contributed by atoms with Gasteiger partial charge in [0.2, 0.25) is 0 Å². The summed E-state index contributed by atoms with van der Waals surface area (Å²) in [7, 11) is 0. The van der Waals surface area contributed by atoms with Crippen LogP contribution in [0.25, 0.3) is 11.4 Å². The van der Waals surface area contributed by atoms with E-state index < -0.39 is 0 Å². The summed E-state index contributed by atoms with van der Waals surface area (Å²) in [6.45, 7) is 7.15. The van der Waals surface area contributed by atoms with Gasteiger partial charge in [-0.05, 0) is 19.9 Å². The number of aromatic nitrogens is 2. The molecule has 2 aromatic rings. The maximum Gasteiger partial charge on any atom is 0.251 e. The molecule has 0 spiro atoms. The minimum absolute atomic E-state index is 0.0640. The first-order chi connectivity index (χ1) is 12.2. The van der Waals surface area contributed by atoms with Crippen molar-refractivity contribution >= 4 is 11.7 Å². The van der Waals surface area contributed by atoms with Gasteiger partial charge in [0.05, 0.1) is 0 Å². The summed E-state index contributed by atoms with van der Waals surface area (Å²) in [4.78, 5) is 25.5. The number of hydrogen-bond donors (Lipinski definition) is 0. The first kappa shape index (κ1) is 17.4. The van der Waals surface area contributed by atoms with E-state index in [9.17, 15) is 4.79 Å². The van der Waals surface area contributed by atoms with Crippen molar-refractivity contribution in [1.82, 2.24) is 14.9 Å². The zero-order chi connectivity index (χ0) is 17.6. The highest BCUT2D eigenvalue weighted by atomic mass is 16.5. The van der Waals surface area contributed by atoms with E-state index in [1.807, 2.05) is 55.1 Å². The lowest BCUT2D eigenvalue weighted by atomic mass is 10.2. The minimum atomic E-state index is -0.375. The van der Waals surface area contributed by atoms with Crippen molar-refractivity contribution < 1.29 is 9.53 Å². The number of amides is 1. The zero-order valence-corrected chi connectivity index (χ0v) is 14.8. The van der Waals surface area contributed by atoms with E-state index in [1.165, 1.54) is 0 Å². The summed E-state index contributed by atoms with van der Waals surface area (Å²) in [6, 6.07) is 11.9. The molecule has 1 aromatic carbocycles. The van der Waals surface area contributed by atoms with Crippen LogP contribution in [-0.4, -0.2) is 59.7 Å². The Kier molecular flexibility index (Phi) is 5.60. The standard InChI is InChI=1S/C19H24N4O2/c1-3-25-15(2)19(24)23-13-11-22(12-14-23)17-9-10-20-18(21-17)16-7-5-4-6-8-16/h4-10,15H,3,11-14H2,1-2H3/t15-/m1/s1. The number of hydrogen-bond acceptors (Lipinski definition) is 5. The molecule has 1 fully saturated rings. The smallest absolute Gasteiger partial charge is 0.251 e. The van der Waals surface area contributed by atoms with E-state index >= 15 is 0 Å². The average molecular weight is 340 g/mol. The third kappa shape index (κ3) is 4.14. The van der Waals surface area contributed by atoms with Gasteiger partial charge in [-0.2, -0.15) is 0 Å². The molecular weight excluding hydrogens is 316 g/mol. The number of rotatable bonds is 5. The lowest BCUT2D eigenvalue weighted by Gasteiger charge is -2.36. The van der Waals surface area contributed by atoms with Gasteiger partial charge in [0.1, 0.15) is 11.9 Å². The Morgan fingerprint density at radius 3 is 2.56 bits per heavy atom. The van der Waals surface area contributed by atoms with Crippen molar-refractivity contribution in [3.63, 3.8) is 0 Å². The molecule has 1 aliphatic rings. The normalized spacial score (nSPS) is 15.9. The summed E-state index contributed by atoms with van der Waals surface area (Å²) in [5, 5.41) is 0. The van der Waals surface area contributed by atoms with Gasteiger partial charge >= 0.3 is 0 Å². The van der Waals surface area contributed by atoms with Gasteiger partial charge in [-0.25, -0.2) is 9.97 Å².